The normalized spacial score (nSPS) is 14.0. The van der Waals surface area contributed by atoms with E-state index in [1.807, 2.05) is 24.3 Å². The summed E-state index contributed by atoms with van der Waals surface area (Å²) in [5.74, 6) is 1.07. The van der Waals surface area contributed by atoms with Crippen LogP contribution in [0.3, 0.4) is 0 Å². The first-order valence-electron chi connectivity index (χ1n) is 9.97. The van der Waals surface area contributed by atoms with E-state index in [-0.39, 0.29) is 0 Å². The number of amides is 1. The lowest BCUT2D eigenvalue weighted by atomic mass is 10.1. The summed E-state index contributed by atoms with van der Waals surface area (Å²) in [5, 5.41) is 11.0. The number of nitrogens with two attached hydrogens (primary N) is 1. The highest BCUT2D eigenvalue weighted by Gasteiger charge is 2.14. The van der Waals surface area contributed by atoms with Gasteiger partial charge in [-0.1, -0.05) is 12.1 Å². The molecular weight excluding hydrogens is 394 g/mol. The van der Waals surface area contributed by atoms with Crippen LogP contribution in [0.5, 0.6) is 0 Å². The number of carbonyl (C=O) groups is 1. The molecule has 0 saturated carbocycles. The van der Waals surface area contributed by atoms with Gasteiger partial charge >= 0.3 is 0 Å². The monoisotopic (exact) mass is 415 g/mol. The SMILES string of the molecule is NC(=O)c1ccc(-c2cnc(Nc3ccc(N4CCNCC4)nc3)c3ncnn23)cc1. The molecule has 1 aliphatic heterocycles. The van der Waals surface area contributed by atoms with Crippen LogP contribution >= 0.6 is 0 Å². The zero-order chi connectivity index (χ0) is 21.2. The highest BCUT2D eigenvalue weighted by atomic mass is 16.1. The molecule has 4 aromatic rings. The summed E-state index contributed by atoms with van der Waals surface area (Å²) >= 11 is 0. The summed E-state index contributed by atoms with van der Waals surface area (Å²) in [6.07, 6.45) is 4.99. The minimum atomic E-state index is -0.466. The largest absolute Gasteiger partial charge is 0.366 e. The maximum Gasteiger partial charge on any atom is 0.248 e. The maximum atomic E-state index is 11.3. The number of aromatic nitrogens is 5. The van der Waals surface area contributed by atoms with Gasteiger partial charge in [-0.05, 0) is 24.3 Å². The predicted molar refractivity (Wildman–Crippen MR) is 117 cm³/mol. The molecule has 0 unspecified atom stereocenters. The molecule has 31 heavy (non-hydrogen) atoms. The van der Waals surface area contributed by atoms with Gasteiger partial charge in [0.1, 0.15) is 12.1 Å². The van der Waals surface area contributed by atoms with Crippen LogP contribution in [0.4, 0.5) is 17.3 Å². The van der Waals surface area contributed by atoms with E-state index < -0.39 is 5.91 Å². The zero-order valence-electron chi connectivity index (χ0n) is 16.7. The van der Waals surface area contributed by atoms with Crippen LogP contribution in [-0.4, -0.2) is 56.7 Å². The molecule has 1 saturated heterocycles. The summed E-state index contributed by atoms with van der Waals surface area (Å²) in [6, 6.07) is 11.0. The topological polar surface area (TPSA) is 126 Å². The lowest BCUT2D eigenvalue weighted by molar-refractivity contribution is 0.100. The Morgan fingerprint density at radius 3 is 2.52 bits per heavy atom. The Hall–Kier alpha value is -4.05. The third kappa shape index (κ3) is 3.76. The molecule has 0 radical (unpaired) electrons. The zero-order valence-corrected chi connectivity index (χ0v) is 16.7. The number of nitrogens with zero attached hydrogens (tertiary/aromatic N) is 6. The van der Waals surface area contributed by atoms with E-state index in [1.165, 1.54) is 6.33 Å². The van der Waals surface area contributed by atoms with Crippen molar-refractivity contribution in [1.29, 1.82) is 0 Å². The number of benzene rings is 1. The van der Waals surface area contributed by atoms with E-state index >= 15 is 0 Å². The lowest BCUT2D eigenvalue weighted by Gasteiger charge is -2.28. The van der Waals surface area contributed by atoms with E-state index in [4.69, 9.17) is 5.73 Å². The van der Waals surface area contributed by atoms with Gasteiger partial charge in [-0.25, -0.2) is 19.5 Å². The number of anilines is 3. The van der Waals surface area contributed by atoms with Crippen LogP contribution in [0.1, 0.15) is 10.4 Å². The Morgan fingerprint density at radius 1 is 1.00 bits per heavy atom. The van der Waals surface area contributed by atoms with E-state index in [0.29, 0.717) is 17.0 Å². The van der Waals surface area contributed by atoms with Crippen LogP contribution in [0, 0.1) is 0 Å². The van der Waals surface area contributed by atoms with Gasteiger partial charge in [-0.2, -0.15) is 5.10 Å². The first kappa shape index (κ1) is 18.9. The van der Waals surface area contributed by atoms with Crippen molar-refractivity contribution in [3.8, 4) is 11.3 Å². The number of piperazine rings is 1. The van der Waals surface area contributed by atoms with Crippen molar-refractivity contribution in [2.45, 2.75) is 0 Å². The van der Waals surface area contributed by atoms with Crippen molar-refractivity contribution in [3.63, 3.8) is 0 Å². The van der Waals surface area contributed by atoms with Gasteiger partial charge in [0.2, 0.25) is 5.91 Å². The van der Waals surface area contributed by atoms with Gasteiger partial charge in [0, 0.05) is 37.3 Å². The van der Waals surface area contributed by atoms with Gasteiger partial charge in [-0.15, -0.1) is 0 Å². The molecule has 0 aliphatic carbocycles. The molecule has 3 aromatic heterocycles. The fourth-order valence-electron chi connectivity index (χ4n) is 3.59. The molecule has 1 amide bonds. The minimum absolute atomic E-state index is 0.446. The number of primary amides is 1. The number of hydrogen-bond acceptors (Lipinski definition) is 8. The molecule has 0 atom stereocenters. The lowest BCUT2D eigenvalue weighted by Crippen LogP contribution is -2.43. The van der Waals surface area contributed by atoms with Gasteiger partial charge in [0.25, 0.3) is 0 Å². The molecule has 1 aliphatic rings. The Kier molecular flexibility index (Phi) is 4.89. The van der Waals surface area contributed by atoms with Crippen LogP contribution < -0.4 is 21.3 Å². The minimum Gasteiger partial charge on any atom is -0.366 e. The second-order valence-electron chi connectivity index (χ2n) is 7.20. The predicted octanol–water partition coefficient (Wildman–Crippen LogP) is 1.44. The molecule has 4 N–H and O–H groups in total. The first-order chi connectivity index (χ1) is 15.2. The molecule has 1 aromatic carbocycles. The summed E-state index contributed by atoms with van der Waals surface area (Å²) in [7, 11) is 0. The first-order valence-corrected chi connectivity index (χ1v) is 9.97. The molecule has 156 valence electrons. The van der Waals surface area contributed by atoms with Crippen molar-refractivity contribution < 1.29 is 4.79 Å². The Labute approximate surface area is 178 Å². The molecule has 5 rings (SSSR count). The molecule has 1 fully saturated rings. The summed E-state index contributed by atoms with van der Waals surface area (Å²) < 4.78 is 1.71. The standard InChI is InChI=1S/C21H21N9O/c22-19(31)15-3-1-14(2-4-15)17-12-25-20(21-26-13-27-30(17)21)28-16-5-6-18(24-11-16)29-9-7-23-8-10-29/h1-6,11-13,23H,7-10H2,(H2,22,31)(H,25,28). The fraction of sp³-hybridized carbons (Fsp3) is 0.190. The molecule has 10 nitrogen and oxygen atoms in total. The highest BCUT2D eigenvalue weighted by molar-refractivity contribution is 5.93. The number of rotatable bonds is 5. The molecule has 10 heteroatoms. The van der Waals surface area contributed by atoms with E-state index in [9.17, 15) is 4.79 Å². The van der Waals surface area contributed by atoms with E-state index in [2.05, 4.69) is 35.6 Å². The average Bonchev–Trinajstić information content (AvgIpc) is 3.31. The molecular formula is C21H21N9O. The van der Waals surface area contributed by atoms with Gasteiger partial charge < -0.3 is 21.3 Å². The Morgan fingerprint density at radius 2 is 1.81 bits per heavy atom. The maximum absolute atomic E-state index is 11.3. The fourth-order valence-corrected chi connectivity index (χ4v) is 3.59. The van der Waals surface area contributed by atoms with Gasteiger partial charge in [0.15, 0.2) is 11.5 Å². The van der Waals surface area contributed by atoms with Crippen molar-refractivity contribution in [2.24, 2.45) is 5.73 Å². The summed E-state index contributed by atoms with van der Waals surface area (Å²) in [6.45, 7) is 3.83. The third-order valence-electron chi connectivity index (χ3n) is 5.22. The van der Waals surface area contributed by atoms with Gasteiger partial charge in [-0.3, -0.25) is 4.79 Å². The second kappa shape index (κ2) is 8.00. The quantitative estimate of drug-likeness (QED) is 0.447. The summed E-state index contributed by atoms with van der Waals surface area (Å²) in [5.41, 5.74) is 8.77. The summed E-state index contributed by atoms with van der Waals surface area (Å²) in [4.78, 5) is 27.1. The van der Waals surface area contributed by atoms with Crippen LogP contribution in [0.25, 0.3) is 16.9 Å². The number of hydrogen-bond donors (Lipinski definition) is 3. The third-order valence-corrected chi connectivity index (χ3v) is 5.22. The Bertz CT molecular complexity index is 1210. The molecule has 0 bridgehead atoms. The number of pyridine rings is 1. The van der Waals surface area contributed by atoms with Crippen LogP contribution in [-0.2, 0) is 0 Å². The average molecular weight is 415 g/mol. The number of nitrogens with one attached hydrogen (secondary N) is 2. The molecule has 0 spiro atoms. The van der Waals surface area contributed by atoms with Crippen molar-refractivity contribution in [2.75, 3.05) is 36.4 Å². The van der Waals surface area contributed by atoms with Crippen molar-refractivity contribution >= 4 is 28.9 Å². The van der Waals surface area contributed by atoms with E-state index in [0.717, 1.165) is 48.9 Å². The van der Waals surface area contributed by atoms with Crippen LogP contribution in [0.2, 0.25) is 0 Å². The van der Waals surface area contributed by atoms with Gasteiger partial charge in [0.05, 0.1) is 23.8 Å². The van der Waals surface area contributed by atoms with Crippen molar-refractivity contribution in [1.82, 2.24) is 29.9 Å². The Balaban J connectivity index is 1.40. The second-order valence-corrected chi connectivity index (χ2v) is 7.20. The van der Waals surface area contributed by atoms with Crippen molar-refractivity contribution in [3.05, 3.63) is 60.7 Å². The number of carbonyl (C=O) groups excluding carboxylic acids is 1. The number of fused-ring (bicyclic) bond motifs is 1. The van der Waals surface area contributed by atoms with E-state index in [1.54, 1.807) is 29.0 Å². The van der Waals surface area contributed by atoms with Crippen LogP contribution in [0.15, 0.2) is 55.1 Å². The smallest absolute Gasteiger partial charge is 0.248 e. The highest BCUT2D eigenvalue weighted by Crippen LogP contribution is 2.25. The molecule has 4 heterocycles.